The molecule has 0 aliphatic heterocycles. The minimum atomic E-state index is -1.34. The molecule has 0 aromatic heterocycles. The third-order valence-corrected chi connectivity index (χ3v) is 1.62. The van der Waals surface area contributed by atoms with Crippen LogP contribution in [-0.4, -0.2) is 0 Å². The molecule has 0 amide bonds. The molecule has 0 radical (unpaired) electrons. The van der Waals surface area contributed by atoms with Gasteiger partial charge in [-0.25, -0.2) is 13.2 Å². The summed E-state index contributed by atoms with van der Waals surface area (Å²) in [5.74, 6) is -3.38. The molecule has 4 heteroatoms. The minimum absolute atomic E-state index is 0.00565. The zero-order valence-corrected chi connectivity index (χ0v) is 6.35. The molecule has 0 unspecified atom stereocenters. The molecule has 60 valence electrons. The third-order valence-electron chi connectivity index (χ3n) is 1.28. The number of halogens is 4. The summed E-state index contributed by atoms with van der Waals surface area (Å²) in [6.45, 7) is 1.31. The summed E-state index contributed by atoms with van der Waals surface area (Å²) in [4.78, 5) is 0. The summed E-state index contributed by atoms with van der Waals surface area (Å²) in [5.41, 5.74) is -0.00565. The maximum atomic E-state index is 12.6. The topological polar surface area (TPSA) is 0 Å². The Bertz CT molecular complexity index is 270. The van der Waals surface area contributed by atoms with E-state index in [0.717, 1.165) is 6.07 Å². The number of benzene rings is 1. The van der Waals surface area contributed by atoms with Crippen molar-refractivity contribution in [2.24, 2.45) is 0 Å². The first-order valence-electron chi connectivity index (χ1n) is 2.83. The normalized spacial score (nSPS) is 10.3. The average Bonchev–Trinajstić information content (AvgIpc) is 1.97. The number of hydrogen-bond donors (Lipinski definition) is 0. The first-order chi connectivity index (χ1) is 5.04. The average molecular weight is 181 g/mol. The largest absolute Gasteiger partial charge is 0.205 e. The van der Waals surface area contributed by atoms with Crippen molar-refractivity contribution in [2.45, 2.75) is 6.92 Å². The van der Waals surface area contributed by atoms with E-state index in [1.165, 1.54) is 6.92 Å². The van der Waals surface area contributed by atoms with Crippen molar-refractivity contribution in [1.29, 1.82) is 0 Å². The van der Waals surface area contributed by atoms with E-state index in [4.69, 9.17) is 11.6 Å². The Morgan fingerprint density at radius 1 is 1.18 bits per heavy atom. The van der Waals surface area contributed by atoms with Crippen LogP contribution in [0.25, 0.3) is 0 Å². The van der Waals surface area contributed by atoms with Gasteiger partial charge in [0.15, 0.2) is 11.6 Å². The molecular weight excluding hydrogens is 177 g/mol. The van der Waals surface area contributed by atoms with Gasteiger partial charge in [0, 0.05) is 0 Å². The van der Waals surface area contributed by atoms with Crippen LogP contribution in [0.15, 0.2) is 6.07 Å². The van der Waals surface area contributed by atoms with Crippen molar-refractivity contribution in [2.75, 3.05) is 0 Å². The third kappa shape index (κ3) is 1.33. The molecule has 0 N–H and O–H groups in total. The van der Waals surface area contributed by atoms with Gasteiger partial charge in [0.2, 0.25) is 0 Å². The smallest absolute Gasteiger partial charge is 0.180 e. The predicted octanol–water partition coefficient (Wildman–Crippen LogP) is 3.07. The predicted molar refractivity (Wildman–Crippen MR) is 36.1 cm³/mol. The van der Waals surface area contributed by atoms with Gasteiger partial charge in [-0.2, -0.15) is 0 Å². The van der Waals surface area contributed by atoms with Gasteiger partial charge >= 0.3 is 0 Å². The lowest BCUT2D eigenvalue weighted by Crippen LogP contribution is -1.92. The highest BCUT2D eigenvalue weighted by Crippen LogP contribution is 2.23. The van der Waals surface area contributed by atoms with Gasteiger partial charge in [0.25, 0.3) is 0 Å². The van der Waals surface area contributed by atoms with Crippen LogP contribution < -0.4 is 0 Å². The zero-order chi connectivity index (χ0) is 8.59. The standard InChI is InChI=1S/C7H4ClF3/c1-3-2-4(9)7(11)5(8)6(3)10/h2H,1H3. The Labute approximate surface area is 66.6 Å². The Kier molecular flexibility index (Phi) is 2.09. The lowest BCUT2D eigenvalue weighted by molar-refractivity contribution is 0.493. The maximum absolute atomic E-state index is 12.6. The lowest BCUT2D eigenvalue weighted by Gasteiger charge is -2.00. The fourth-order valence-corrected chi connectivity index (χ4v) is 0.930. The lowest BCUT2D eigenvalue weighted by atomic mass is 10.2. The molecule has 1 rings (SSSR count). The summed E-state index contributed by atoms with van der Waals surface area (Å²) in [7, 11) is 0. The summed E-state index contributed by atoms with van der Waals surface area (Å²) in [5, 5.41) is -0.789. The van der Waals surface area contributed by atoms with Crippen LogP contribution >= 0.6 is 11.6 Å². The van der Waals surface area contributed by atoms with E-state index < -0.39 is 22.5 Å². The van der Waals surface area contributed by atoms with Crippen molar-refractivity contribution in [3.05, 3.63) is 34.1 Å². The van der Waals surface area contributed by atoms with Gasteiger partial charge in [0.05, 0.1) is 0 Å². The SMILES string of the molecule is Cc1cc(F)c(F)c(Cl)c1F. The number of rotatable bonds is 0. The summed E-state index contributed by atoms with van der Waals surface area (Å²) in [6, 6.07) is 0.760. The van der Waals surface area contributed by atoms with Gasteiger partial charge in [-0.3, -0.25) is 0 Å². The highest BCUT2D eigenvalue weighted by molar-refractivity contribution is 6.30. The van der Waals surface area contributed by atoms with Crippen LogP contribution in [0, 0.1) is 24.4 Å². The Hall–Kier alpha value is -0.700. The van der Waals surface area contributed by atoms with Gasteiger partial charge in [-0.05, 0) is 18.6 Å². The molecule has 0 aliphatic rings. The molecule has 1 aromatic carbocycles. The molecule has 0 atom stereocenters. The summed E-state index contributed by atoms with van der Waals surface area (Å²) < 4.78 is 37.5. The molecular formula is C7H4ClF3. The Morgan fingerprint density at radius 3 is 2.27 bits per heavy atom. The van der Waals surface area contributed by atoms with E-state index in [-0.39, 0.29) is 5.56 Å². The second-order valence-electron chi connectivity index (χ2n) is 2.12. The van der Waals surface area contributed by atoms with Crippen molar-refractivity contribution in [3.8, 4) is 0 Å². The molecule has 0 saturated carbocycles. The van der Waals surface area contributed by atoms with Gasteiger partial charge in [-0.15, -0.1) is 0 Å². The van der Waals surface area contributed by atoms with Gasteiger partial charge < -0.3 is 0 Å². The maximum Gasteiger partial charge on any atom is 0.180 e. The van der Waals surface area contributed by atoms with Crippen molar-refractivity contribution in [1.82, 2.24) is 0 Å². The van der Waals surface area contributed by atoms with Crippen LogP contribution in [0.5, 0.6) is 0 Å². The van der Waals surface area contributed by atoms with Crippen molar-refractivity contribution in [3.63, 3.8) is 0 Å². The van der Waals surface area contributed by atoms with E-state index in [1.54, 1.807) is 0 Å². The second kappa shape index (κ2) is 2.74. The Balaban J connectivity index is 3.46. The van der Waals surface area contributed by atoms with Crippen LogP contribution in [-0.2, 0) is 0 Å². The number of hydrogen-bond acceptors (Lipinski definition) is 0. The second-order valence-corrected chi connectivity index (χ2v) is 2.50. The fraction of sp³-hybridized carbons (Fsp3) is 0.143. The first kappa shape index (κ1) is 8.40. The van der Waals surface area contributed by atoms with Crippen LogP contribution in [0.1, 0.15) is 5.56 Å². The summed E-state index contributed by atoms with van der Waals surface area (Å²) >= 11 is 5.10. The molecule has 0 saturated heterocycles. The van der Waals surface area contributed by atoms with E-state index >= 15 is 0 Å². The quantitative estimate of drug-likeness (QED) is 0.425. The Morgan fingerprint density at radius 2 is 1.73 bits per heavy atom. The minimum Gasteiger partial charge on any atom is -0.205 e. The van der Waals surface area contributed by atoms with Crippen molar-refractivity contribution >= 4 is 11.6 Å². The van der Waals surface area contributed by atoms with Crippen molar-refractivity contribution < 1.29 is 13.2 Å². The van der Waals surface area contributed by atoms with Gasteiger partial charge in [0.1, 0.15) is 10.8 Å². The zero-order valence-electron chi connectivity index (χ0n) is 5.59. The highest BCUT2D eigenvalue weighted by atomic mass is 35.5. The molecule has 0 aliphatic carbocycles. The summed E-state index contributed by atoms with van der Waals surface area (Å²) in [6.07, 6.45) is 0. The molecule has 0 bridgehead atoms. The molecule has 0 nitrogen and oxygen atoms in total. The highest BCUT2D eigenvalue weighted by Gasteiger charge is 2.13. The molecule has 11 heavy (non-hydrogen) atoms. The number of aryl methyl sites for hydroxylation is 1. The van der Waals surface area contributed by atoms with Crippen LogP contribution in [0.2, 0.25) is 5.02 Å². The van der Waals surface area contributed by atoms with Gasteiger partial charge in [-0.1, -0.05) is 11.6 Å². The molecule has 0 heterocycles. The van der Waals surface area contributed by atoms with E-state index in [9.17, 15) is 13.2 Å². The first-order valence-corrected chi connectivity index (χ1v) is 3.21. The van der Waals surface area contributed by atoms with E-state index in [1.807, 2.05) is 0 Å². The van der Waals surface area contributed by atoms with E-state index in [0.29, 0.717) is 0 Å². The van der Waals surface area contributed by atoms with Crippen LogP contribution in [0.3, 0.4) is 0 Å². The molecule has 1 aromatic rings. The fourth-order valence-electron chi connectivity index (χ4n) is 0.691. The monoisotopic (exact) mass is 180 g/mol. The van der Waals surface area contributed by atoms with Crippen LogP contribution in [0.4, 0.5) is 13.2 Å². The molecule has 0 spiro atoms. The van der Waals surface area contributed by atoms with E-state index in [2.05, 4.69) is 0 Å². The molecule has 0 fully saturated rings.